The van der Waals surface area contributed by atoms with Crippen molar-refractivity contribution in [2.75, 3.05) is 6.61 Å². The average Bonchev–Trinajstić information content (AvgIpc) is 2.57. The Balaban J connectivity index is 2.45. The molecule has 0 bridgehead atoms. The smallest absolute Gasteiger partial charge is 0.269 e. The second-order valence-electron chi connectivity index (χ2n) is 4.56. The zero-order chi connectivity index (χ0) is 17.7. The van der Waals surface area contributed by atoms with Gasteiger partial charge in [0.15, 0.2) is 0 Å². The predicted molar refractivity (Wildman–Crippen MR) is 108 cm³/mol. The van der Waals surface area contributed by atoms with E-state index in [0.717, 1.165) is 5.30 Å². The van der Waals surface area contributed by atoms with Crippen molar-refractivity contribution in [2.45, 2.75) is 6.92 Å². The molecule has 0 radical (unpaired) electrons. The van der Waals surface area contributed by atoms with Crippen LogP contribution < -0.4 is 5.30 Å². The fourth-order valence-electron chi connectivity index (χ4n) is 1.90. The van der Waals surface area contributed by atoms with E-state index in [1.807, 2.05) is 37.3 Å². The van der Waals surface area contributed by atoms with Gasteiger partial charge in [0.25, 0.3) is 6.49 Å². The summed E-state index contributed by atoms with van der Waals surface area (Å²) in [6.07, 6.45) is 0. The van der Waals surface area contributed by atoms with Gasteiger partial charge < -0.3 is 9.05 Å². The van der Waals surface area contributed by atoms with Crippen molar-refractivity contribution in [3.8, 4) is 0 Å². The third-order valence-corrected chi connectivity index (χ3v) is 7.34. The molecule has 8 heteroatoms. The Morgan fingerprint density at radius 1 is 1.08 bits per heavy atom. The molecular formula is C16H13Cl4O2PS. The first kappa shape index (κ1) is 20.1. The Kier molecular flexibility index (Phi) is 7.45. The summed E-state index contributed by atoms with van der Waals surface area (Å²) >= 11 is 29.9. The molecule has 2 rings (SSSR count). The molecule has 0 spiro atoms. The first-order valence-corrected chi connectivity index (χ1v) is 11.1. The molecule has 1 atom stereocenters. The van der Waals surface area contributed by atoms with Crippen molar-refractivity contribution in [2.24, 2.45) is 0 Å². The Hall–Kier alpha value is -0.250. The van der Waals surface area contributed by atoms with E-state index in [-0.39, 0.29) is 5.76 Å². The van der Waals surface area contributed by atoms with Crippen LogP contribution in [0.2, 0.25) is 15.1 Å². The van der Waals surface area contributed by atoms with Gasteiger partial charge in [-0.3, -0.25) is 0 Å². The molecule has 0 saturated heterocycles. The molecule has 24 heavy (non-hydrogen) atoms. The van der Waals surface area contributed by atoms with Gasteiger partial charge in [0.1, 0.15) is 5.76 Å². The van der Waals surface area contributed by atoms with Crippen LogP contribution in [0.1, 0.15) is 12.5 Å². The maximum atomic E-state index is 6.24. The van der Waals surface area contributed by atoms with E-state index in [1.165, 1.54) is 11.6 Å². The molecule has 128 valence electrons. The lowest BCUT2D eigenvalue weighted by Gasteiger charge is -2.24. The van der Waals surface area contributed by atoms with Crippen LogP contribution in [-0.4, -0.2) is 6.61 Å². The molecule has 2 aromatic rings. The number of rotatable bonds is 6. The fraction of sp³-hybridized carbons (Fsp3) is 0.125. The van der Waals surface area contributed by atoms with E-state index >= 15 is 0 Å². The van der Waals surface area contributed by atoms with E-state index < -0.39 is 6.49 Å². The standard InChI is InChI=1S/C16H13Cl4O2PS/c1-2-21-23(24,11-6-4-3-5-7-11)22-16(10-17)12-8-14(19)15(20)9-13(12)18/h3-10H,2H2,1H3. The van der Waals surface area contributed by atoms with Gasteiger partial charge in [0, 0.05) is 16.4 Å². The first-order valence-electron chi connectivity index (χ1n) is 6.86. The Morgan fingerprint density at radius 3 is 2.29 bits per heavy atom. The van der Waals surface area contributed by atoms with Crippen LogP contribution in [-0.2, 0) is 20.9 Å². The number of hydrogen-bond acceptors (Lipinski definition) is 3. The van der Waals surface area contributed by atoms with Crippen LogP contribution in [0.4, 0.5) is 0 Å². The summed E-state index contributed by atoms with van der Waals surface area (Å²) in [6.45, 7) is -0.560. The molecule has 0 N–H and O–H groups in total. The molecule has 0 heterocycles. The molecule has 2 nitrogen and oxygen atoms in total. The van der Waals surface area contributed by atoms with Crippen LogP contribution in [0.15, 0.2) is 48.0 Å². The molecule has 2 aromatic carbocycles. The van der Waals surface area contributed by atoms with E-state index in [2.05, 4.69) is 0 Å². The molecule has 0 saturated carbocycles. The highest BCUT2D eigenvalue weighted by Gasteiger charge is 2.26. The molecule has 0 amide bonds. The summed E-state index contributed by atoms with van der Waals surface area (Å²) in [5, 5.41) is 1.79. The zero-order valence-corrected chi connectivity index (χ0v) is 17.2. The largest absolute Gasteiger partial charge is 0.439 e. The lowest BCUT2D eigenvalue weighted by atomic mass is 10.2. The highest BCUT2D eigenvalue weighted by molar-refractivity contribution is 8.13. The van der Waals surface area contributed by atoms with Crippen molar-refractivity contribution in [1.82, 2.24) is 0 Å². The van der Waals surface area contributed by atoms with Crippen molar-refractivity contribution < 1.29 is 9.05 Å². The van der Waals surface area contributed by atoms with Gasteiger partial charge in [-0.1, -0.05) is 64.6 Å². The van der Waals surface area contributed by atoms with Gasteiger partial charge in [-0.25, -0.2) is 0 Å². The number of halogens is 4. The van der Waals surface area contributed by atoms with Crippen molar-refractivity contribution in [1.29, 1.82) is 0 Å². The molecular weight excluding hydrogens is 429 g/mol. The highest BCUT2D eigenvalue weighted by Crippen LogP contribution is 2.52. The third-order valence-electron chi connectivity index (χ3n) is 2.96. The van der Waals surface area contributed by atoms with E-state index in [9.17, 15) is 0 Å². The molecule has 0 aromatic heterocycles. The van der Waals surface area contributed by atoms with Gasteiger partial charge in [-0.2, -0.15) is 0 Å². The maximum absolute atomic E-state index is 6.24. The minimum absolute atomic E-state index is 0.279. The van der Waals surface area contributed by atoms with Crippen LogP contribution in [0, 0.1) is 0 Å². The lowest BCUT2D eigenvalue weighted by Crippen LogP contribution is -2.09. The average molecular weight is 442 g/mol. The van der Waals surface area contributed by atoms with Crippen LogP contribution >= 0.6 is 52.9 Å². The van der Waals surface area contributed by atoms with Gasteiger partial charge in [-0.05, 0) is 43.0 Å². The summed E-state index contributed by atoms with van der Waals surface area (Å²) in [6, 6.07) is 12.5. The SMILES string of the molecule is CCOP(=S)(OC(=CCl)c1cc(Cl)c(Cl)cc1Cl)c1ccccc1. The summed E-state index contributed by atoms with van der Waals surface area (Å²) in [5.41, 5.74) is 1.75. The lowest BCUT2D eigenvalue weighted by molar-refractivity contribution is 0.330. The van der Waals surface area contributed by atoms with Gasteiger partial charge in [-0.15, -0.1) is 0 Å². The van der Waals surface area contributed by atoms with Crippen LogP contribution in [0.3, 0.4) is 0 Å². The molecule has 0 aliphatic carbocycles. The Bertz CT molecular complexity index is 796. The minimum atomic E-state index is -2.81. The van der Waals surface area contributed by atoms with Crippen molar-refractivity contribution >= 4 is 75.8 Å². The Labute approximate surface area is 166 Å². The second kappa shape index (κ2) is 8.91. The third kappa shape index (κ3) is 4.68. The maximum Gasteiger partial charge on any atom is 0.269 e. The summed E-state index contributed by atoms with van der Waals surface area (Å²) < 4.78 is 11.8. The van der Waals surface area contributed by atoms with Gasteiger partial charge in [0.2, 0.25) is 0 Å². The van der Waals surface area contributed by atoms with Crippen LogP contribution in [0.5, 0.6) is 0 Å². The number of benzene rings is 2. The summed E-state index contributed by atoms with van der Waals surface area (Å²) in [5.74, 6) is 0.279. The van der Waals surface area contributed by atoms with E-state index in [1.54, 1.807) is 6.07 Å². The predicted octanol–water partition coefficient (Wildman–Crippen LogP) is 6.87. The zero-order valence-electron chi connectivity index (χ0n) is 12.5. The summed E-state index contributed by atoms with van der Waals surface area (Å²) in [7, 11) is 0. The summed E-state index contributed by atoms with van der Waals surface area (Å²) in [4.78, 5) is 0. The minimum Gasteiger partial charge on any atom is -0.439 e. The van der Waals surface area contributed by atoms with E-state index in [0.29, 0.717) is 27.2 Å². The fourth-order valence-corrected chi connectivity index (χ4v) is 5.28. The topological polar surface area (TPSA) is 18.5 Å². The van der Waals surface area contributed by atoms with Crippen molar-refractivity contribution in [3.63, 3.8) is 0 Å². The molecule has 0 aliphatic rings. The Morgan fingerprint density at radius 2 is 1.71 bits per heavy atom. The highest BCUT2D eigenvalue weighted by atomic mass is 35.5. The van der Waals surface area contributed by atoms with Gasteiger partial charge in [0.05, 0.1) is 21.7 Å². The van der Waals surface area contributed by atoms with Gasteiger partial charge >= 0.3 is 0 Å². The normalized spacial score (nSPS) is 14.3. The molecule has 1 unspecified atom stereocenters. The van der Waals surface area contributed by atoms with Crippen molar-refractivity contribution in [3.05, 3.63) is 68.6 Å². The molecule has 0 aliphatic heterocycles. The second-order valence-corrected chi connectivity index (χ2v) is 9.40. The van der Waals surface area contributed by atoms with Crippen LogP contribution in [0.25, 0.3) is 5.76 Å². The quantitative estimate of drug-likeness (QED) is 0.276. The molecule has 0 fully saturated rings. The monoisotopic (exact) mass is 440 g/mol. The number of hydrogen-bond donors (Lipinski definition) is 0. The van der Waals surface area contributed by atoms with E-state index in [4.69, 9.17) is 67.3 Å². The first-order chi connectivity index (χ1) is 11.4.